The van der Waals surface area contributed by atoms with E-state index in [0.29, 0.717) is 0 Å². The molecule has 1 aromatic carbocycles. The van der Waals surface area contributed by atoms with Crippen molar-refractivity contribution in [3.63, 3.8) is 0 Å². The molecule has 0 aliphatic rings. The first-order chi connectivity index (χ1) is 5.75. The zero-order valence-corrected chi connectivity index (χ0v) is 9.42. The Morgan fingerprint density at radius 2 is 1.75 bits per heavy atom. The van der Waals surface area contributed by atoms with Gasteiger partial charge in [0, 0.05) is 0 Å². The van der Waals surface area contributed by atoms with Crippen LogP contribution >= 0.6 is 31.9 Å². The van der Waals surface area contributed by atoms with Gasteiger partial charge in [-0.3, -0.25) is 0 Å². The van der Waals surface area contributed by atoms with E-state index in [9.17, 15) is 0 Å². The molecule has 0 aromatic heterocycles. The molecule has 0 fully saturated rings. The number of benzene rings is 1. The fourth-order valence-corrected chi connectivity index (χ4v) is 1.60. The van der Waals surface area contributed by atoms with E-state index >= 15 is 0 Å². The van der Waals surface area contributed by atoms with Crippen LogP contribution in [0.2, 0.25) is 0 Å². The molecule has 0 saturated carbocycles. The summed E-state index contributed by atoms with van der Waals surface area (Å²) < 4.78 is 0. The largest absolute Gasteiger partial charge is 0.197 e. The van der Waals surface area contributed by atoms with Gasteiger partial charge in [0.15, 0.2) is 0 Å². The van der Waals surface area contributed by atoms with E-state index in [1.165, 1.54) is 0 Å². The third-order valence-electron chi connectivity index (χ3n) is 1.50. The van der Waals surface area contributed by atoms with Crippen LogP contribution in [0.1, 0.15) is 10.4 Å². The zero-order chi connectivity index (χ0) is 8.97. The van der Waals surface area contributed by atoms with E-state index < -0.39 is 0 Å². The first kappa shape index (κ1) is 9.76. The maximum Gasteiger partial charge on any atom is 0.118 e. The summed E-state index contributed by atoms with van der Waals surface area (Å²) >= 11 is 6.71. The van der Waals surface area contributed by atoms with Gasteiger partial charge in [-0.2, -0.15) is 5.26 Å². The van der Waals surface area contributed by atoms with Crippen LogP contribution in [-0.4, -0.2) is 4.83 Å². The number of halogens is 2. The van der Waals surface area contributed by atoms with Crippen molar-refractivity contribution in [3.05, 3.63) is 35.9 Å². The number of alkyl halides is 2. The number of nitriles is 1. The highest BCUT2D eigenvalue weighted by Crippen LogP contribution is 2.30. The zero-order valence-electron chi connectivity index (χ0n) is 6.24. The molecule has 0 aliphatic heterocycles. The molecule has 1 nitrogen and oxygen atoms in total. The van der Waals surface area contributed by atoms with Crippen LogP contribution < -0.4 is 0 Å². The molecule has 0 N–H and O–H groups in total. The van der Waals surface area contributed by atoms with E-state index in [-0.39, 0.29) is 9.65 Å². The van der Waals surface area contributed by atoms with Crippen LogP contribution in [0.3, 0.4) is 0 Å². The van der Waals surface area contributed by atoms with Gasteiger partial charge in [-0.25, -0.2) is 0 Å². The molecule has 3 heteroatoms. The molecule has 2 unspecified atom stereocenters. The van der Waals surface area contributed by atoms with Crippen LogP contribution in [0.4, 0.5) is 0 Å². The van der Waals surface area contributed by atoms with Crippen molar-refractivity contribution < 1.29 is 0 Å². The van der Waals surface area contributed by atoms with Gasteiger partial charge in [0.2, 0.25) is 0 Å². The standard InChI is InChI=1S/C9H7Br2N/c10-8(6-12)9(11)7-4-2-1-3-5-7/h1-5,8-9H. The molecule has 1 rings (SSSR count). The van der Waals surface area contributed by atoms with Crippen molar-refractivity contribution in [2.24, 2.45) is 0 Å². The average molecular weight is 289 g/mol. The van der Waals surface area contributed by atoms with Gasteiger partial charge >= 0.3 is 0 Å². The van der Waals surface area contributed by atoms with Crippen LogP contribution in [0.15, 0.2) is 30.3 Å². The van der Waals surface area contributed by atoms with Crippen molar-refractivity contribution in [1.82, 2.24) is 0 Å². The third-order valence-corrected chi connectivity index (χ3v) is 4.00. The lowest BCUT2D eigenvalue weighted by Gasteiger charge is -2.09. The molecular formula is C9H7Br2N. The van der Waals surface area contributed by atoms with E-state index in [4.69, 9.17) is 5.26 Å². The summed E-state index contributed by atoms with van der Waals surface area (Å²) in [5.74, 6) is 0. The Morgan fingerprint density at radius 3 is 2.25 bits per heavy atom. The second-order valence-corrected chi connectivity index (χ2v) is 4.32. The Morgan fingerprint density at radius 1 is 1.17 bits per heavy atom. The summed E-state index contributed by atoms with van der Waals surface area (Å²) in [7, 11) is 0. The molecule has 0 heterocycles. The number of nitrogens with zero attached hydrogens (tertiary/aromatic N) is 1. The summed E-state index contributed by atoms with van der Waals surface area (Å²) in [5.41, 5.74) is 1.11. The Balaban J connectivity index is 2.80. The topological polar surface area (TPSA) is 23.8 Å². The van der Waals surface area contributed by atoms with Crippen LogP contribution in [0.25, 0.3) is 0 Å². The van der Waals surface area contributed by atoms with Gasteiger partial charge in [0.1, 0.15) is 4.83 Å². The summed E-state index contributed by atoms with van der Waals surface area (Å²) in [6, 6.07) is 12.0. The molecule has 2 atom stereocenters. The highest BCUT2D eigenvalue weighted by molar-refractivity contribution is 9.12. The van der Waals surface area contributed by atoms with Gasteiger partial charge in [0.05, 0.1) is 10.9 Å². The van der Waals surface area contributed by atoms with Crippen molar-refractivity contribution in [3.8, 4) is 6.07 Å². The minimum atomic E-state index is -0.181. The number of hydrogen-bond acceptors (Lipinski definition) is 1. The van der Waals surface area contributed by atoms with Crippen molar-refractivity contribution in [2.45, 2.75) is 9.65 Å². The Bertz CT molecular complexity index is 278. The summed E-state index contributed by atoms with van der Waals surface area (Å²) in [5, 5.41) is 8.64. The smallest absolute Gasteiger partial charge is 0.118 e. The summed E-state index contributed by atoms with van der Waals surface area (Å²) in [4.78, 5) is -0.122. The lowest BCUT2D eigenvalue weighted by atomic mass is 10.1. The summed E-state index contributed by atoms with van der Waals surface area (Å²) in [6.45, 7) is 0. The maximum absolute atomic E-state index is 8.64. The van der Waals surface area contributed by atoms with Gasteiger partial charge in [-0.05, 0) is 5.56 Å². The Labute approximate surface area is 88.7 Å². The van der Waals surface area contributed by atoms with Gasteiger partial charge in [-0.1, -0.05) is 62.2 Å². The lowest BCUT2D eigenvalue weighted by molar-refractivity contribution is 1.03. The van der Waals surface area contributed by atoms with E-state index in [0.717, 1.165) is 5.56 Å². The van der Waals surface area contributed by atoms with Gasteiger partial charge < -0.3 is 0 Å². The first-order valence-electron chi connectivity index (χ1n) is 3.48. The van der Waals surface area contributed by atoms with Crippen LogP contribution in [0, 0.1) is 11.3 Å². The fraction of sp³-hybridized carbons (Fsp3) is 0.222. The highest BCUT2D eigenvalue weighted by atomic mass is 79.9. The van der Waals surface area contributed by atoms with Crippen LogP contribution in [0.5, 0.6) is 0 Å². The van der Waals surface area contributed by atoms with Gasteiger partial charge in [-0.15, -0.1) is 0 Å². The minimum Gasteiger partial charge on any atom is -0.197 e. The second kappa shape index (κ2) is 4.64. The predicted octanol–water partition coefficient (Wildman–Crippen LogP) is 3.41. The Kier molecular flexibility index (Phi) is 3.77. The lowest BCUT2D eigenvalue weighted by Crippen LogP contribution is -2.02. The molecular weight excluding hydrogens is 282 g/mol. The van der Waals surface area contributed by atoms with E-state index in [2.05, 4.69) is 37.9 Å². The SMILES string of the molecule is N#CC(Br)C(Br)c1ccccc1. The quantitative estimate of drug-likeness (QED) is 0.765. The number of rotatable bonds is 2. The minimum absolute atomic E-state index is 0.0590. The maximum atomic E-state index is 8.64. The van der Waals surface area contributed by atoms with Gasteiger partial charge in [0.25, 0.3) is 0 Å². The molecule has 1 aromatic rings. The van der Waals surface area contributed by atoms with Crippen molar-refractivity contribution >= 4 is 31.9 Å². The van der Waals surface area contributed by atoms with Crippen molar-refractivity contribution in [2.75, 3.05) is 0 Å². The normalized spacial score (nSPS) is 14.8. The monoisotopic (exact) mass is 287 g/mol. The third kappa shape index (κ3) is 2.33. The molecule has 0 radical (unpaired) electrons. The summed E-state index contributed by atoms with van der Waals surface area (Å²) in [6.07, 6.45) is 0. The first-order valence-corrected chi connectivity index (χ1v) is 5.31. The second-order valence-electron chi connectivity index (χ2n) is 2.34. The molecule has 0 bridgehead atoms. The highest BCUT2D eigenvalue weighted by Gasteiger charge is 2.15. The predicted molar refractivity (Wildman–Crippen MR) is 56.4 cm³/mol. The van der Waals surface area contributed by atoms with Crippen LogP contribution in [-0.2, 0) is 0 Å². The number of hydrogen-bond donors (Lipinski definition) is 0. The fourth-order valence-electron chi connectivity index (χ4n) is 0.871. The van der Waals surface area contributed by atoms with Crippen molar-refractivity contribution in [1.29, 1.82) is 5.26 Å². The molecule has 0 saturated heterocycles. The molecule has 0 amide bonds. The molecule has 12 heavy (non-hydrogen) atoms. The Hall–Kier alpha value is -0.330. The molecule has 62 valence electrons. The van der Waals surface area contributed by atoms with E-state index in [1.807, 2.05) is 30.3 Å². The molecule has 0 aliphatic carbocycles. The average Bonchev–Trinajstić information content (AvgIpc) is 2.17. The van der Waals surface area contributed by atoms with E-state index in [1.54, 1.807) is 0 Å². The molecule has 0 spiro atoms.